The molecule has 0 fully saturated rings. The summed E-state index contributed by atoms with van der Waals surface area (Å²) in [6.45, 7) is 3.20. The molecule has 4 aromatic rings. The molecule has 0 spiro atoms. The number of imidazole rings is 1. The van der Waals surface area contributed by atoms with Gasteiger partial charge in [-0.3, -0.25) is 4.79 Å². The second-order valence-corrected chi connectivity index (χ2v) is 7.97. The summed E-state index contributed by atoms with van der Waals surface area (Å²) in [6.07, 6.45) is 2.08. The number of carbonyl (C=O) groups excluding carboxylic acids is 1. The first-order chi connectivity index (χ1) is 15.2. The number of unbranched alkanes of at least 4 members (excludes halogenated alkanes) is 1. The predicted molar refractivity (Wildman–Crippen MR) is 126 cm³/mol. The van der Waals surface area contributed by atoms with Crippen LogP contribution in [0.25, 0.3) is 11.0 Å². The largest absolute Gasteiger partial charge is 0.344 e. The quantitative estimate of drug-likeness (QED) is 0.385. The average molecular weight is 412 g/mol. The molecular weight excluding hydrogens is 382 g/mol. The van der Waals surface area contributed by atoms with E-state index in [1.165, 1.54) is 0 Å². The maximum atomic E-state index is 13.1. The molecule has 4 rings (SSSR count). The second kappa shape index (κ2) is 9.61. The summed E-state index contributed by atoms with van der Waals surface area (Å²) < 4.78 is 2.10. The lowest BCUT2D eigenvalue weighted by molar-refractivity contribution is -0.130. The van der Waals surface area contributed by atoms with Crippen molar-refractivity contribution in [3.05, 3.63) is 102 Å². The number of amides is 1. The van der Waals surface area contributed by atoms with Gasteiger partial charge in [0, 0.05) is 13.6 Å². The normalized spacial score (nSPS) is 11.2. The van der Waals surface area contributed by atoms with Crippen molar-refractivity contribution >= 4 is 16.9 Å². The van der Waals surface area contributed by atoms with Gasteiger partial charge in [0.25, 0.3) is 0 Å². The Balaban J connectivity index is 1.83. The molecule has 158 valence electrons. The molecule has 31 heavy (non-hydrogen) atoms. The van der Waals surface area contributed by atoms with Crippen LogP contribution in [0.1, 0.15) is 42.6 Å². The van der Waals surface area contributed by atoms with Gasteiger partial charge in [0.05, 0.1) is 17.0 Å². The monoisotopic (exact) mass is 411 g/mol. The average Bonchev–Trinajstić information content (AvgIpc) is 3.17. The molecule has 0 radical (unpaired) electrons. The lowest BCUT2D eigenvalue weighted by Gasteiger charge is -2.22. The SMILES string of the molecule is CCCCN(C)C(=O)Cn1c(C(c2ccccc2)c2ccccc2)nc2ccccc21. The van der Waals surface area contributed by atoms with Crippen LogP contribution in [-0.2, 0) is 11.3 Å². The Bertz CT molecular complexity index is 1100. The lowest BCUT2D eigenvalue weighted by atomic mass is 9.90. The van der Waals surface area contributed by atoms with Crippen LogP contribution in [0.4, 0.5) is 0 Å². The van der Waals surface area contributed by atoms with Crippen molar-refractivity contribution in [1.29, 1.82) is 0 Å². The Morgan fingerprint density at radius 2 is 1.48 bits per heavy atom. The molecule has 0 atom stereocenters. The highest BCUT2D eigenvalue weighted by Gasteiger charge is 2.25. The van der Waals surface area contributed by atoms with E-state index in [0.29, 0.717) is 0 Å². The number of hydrogen-bond acceptors (Lipinski definition) is 2. The Morgan fingerprint density at radius 3 is 2.10 bits per heavy atom. The Morgan fingerprint density at radius 1 is 0.903 bits per heavy atom. The van der Waals surface area contributed by atoms with Gasteiger partial charge in [0.2, 0.25) is 5.91 Å². The van der Waals surface area contributed by atoms with E-state index in [2.05, 4.69) is 66.1 Å². The fourth-order valence-electron chi connectivity index (χ4n) is 4.04. The van der Waals surface area contributed by atoms with Crippen LogP contribution in [0, 0.1) is 0 Å². The van der Waals surface area contributed by atoms with Gasteiger partial charge in [-0.05, 0) is 29.7 Å². The summed E-state index contributed by atoms with van der Waals surface area (Å²) in [6, 6.07) is 28.9. The zero-order valence-electron chi connectivity index (χ0n) is 18.2. The highest BCUT2D eigenvalue weighted by molar-refractivity contribution is 5.81. The third kappa shape index (κ3) is 4.53. The number of fused-ring (bicyclic) bond motifs is 1. The molecule has 0 bridgehead atoms. The van der Waals surface area contributed by atoms with Crippen LogP contribution in [-0.4, -0.2) is 34.0 Å². The van der Waals surface area contributed by atoms with Gasteiger partial charge in [-0.25, -0.2) is 4.98 Å². The lowest BCUT2D eigenvalue weighted by Crippen LogP contribution is -2.31. The molecule has 3 aromatic carbocycles. The van der Waals surface area contributed by atoms with Gasteiger partial charge in [0.15, 0.2) is 0 Å². The van der Waals surface area contributed by atoms with Gasteiger partial charge in [0.1, 0.15) is 12.4 Å². The molecule has 0 saturated carbocycles. The number of nitrogens with zero attached hydrogens (tertiary/aromatic N) is 3. The smallest absolute Gasteiger partial charge is 0.242 e. The standard InChI is InChI=1S/C27H29N3O/c1-3-4-19-29(2)25(31)20-30-24-18-12-11-17-23(24)28-27(30)26(21-13-7-5-8-14-21)22-15-9-6-10-16-22/h5-18,26H,3-4,19-20H2,1-2H3. The van der Waals surface area contributed by atoms with E-state index in [0.717, 1.165) is 47.4 Å². The minimum Gasteiger partial charge on any atom is -0.344 e. The third-order valence-corrected chi connectivity index (χ3v) is 5.77. The molecule has 4 heteroatoms. The topological polar surface area (TPSA) is 38.1 Å². The first-order valence-corrected chi connectivity index (χ1v) is 11.0. The maximum Gasteiger partial charge on any atom is 0.242 e. The molecular formula is C27H29N3O. The summed E-state index contributed by atoms with van der Waals surface area (Å²) in [5.41, 5.74) is 4.24. The van der Waals surface area contributed by atoms with Crippen LogP contribution >= 0.6 is 0 Å². The van der Waals surface area contributed by atoms with Gasteiger partial charge in [-0.15, -0.1) is 0 Å². The van der Waals surface area contributed by atoms with Gasteiger partial charge < -0.3 is 9.47 Å². The van der Waals surface area contributed by atoms with Crippen LogP contribution < -0.4 is 0 Å². The van der Waals surface area contributed by atoms with E-state index in [1.807, 2.05) is 42.3 Å². The first kappa shape index (κ1) is 20.9. The first-order valence-electron chi connectivity index (χ1n) is 11.0. The van der Waals surface area contributed by atoms with Crippen molar-refractivity contribution in [3.63, 3.8) is 0 Å². The molecule has 4 nitrogen and oxygen atoms in total. The third-order valence-electron chi connectivity index (χ3n) is 5.77. The van der Waals surface area contributed by atoms with Crippen LogP contribution in [0.2, 0.25) is 0 Å². The Labute approximate surface area is 184 Å². The Hall–Kier alpha value is -3.40. The summed E-state index contributed by atoms with van der Waals surface area (Å²) in [5, 5.41) is 0. The highest BCUT2D eigenvalue weighted by atomic mass is 16.2. The van der Waals surface area contributed by atoms with E-state index < -0.39 is 0 Å². The van der Waals surface area contributed by atoms with Crippen molar-refractivity contribution in [2.45, 2.75) is 32.2 Å². The minimum atomic E-state index is -0.0523. The summed E-state index contributed by atoms with van der Waals surface area (Å²) in [5.74, 6) is 0.956. The molecule has 0 saturated heterocycles. The van der Waals surface area contributed by atoms with E-state index in [-0.39, 0.29) is 18.4 Å². The number of aromatic nitrogens is 2. The minimum absolute atomic E-state index is 0.0523. The molecule has 1 amide bonds. The molecule has 1 heterocycles. The van der Waals surface area contributed by atoms with Crippen LogP contribution in [0.5, 0.6) is 0 Å². The van der Waals surface area contributed by atoms with Crippen LogP contribution in [0.3, 0.4) is 0 Å². The van der Waals surface area contributed by atoms with E-state index in [9.17, 15) is 4.79 Å². The molecule has 0 aliphatic heterocycles. The fourth-order valence-corrected chi connectivity index (χ4v) is 4.04. The number of hydrogen-bond donors (Lipinski definition) is 0. The zero-order chi connectivity index (χ0) is 21.6. The zero-order valence-corrected chi connectivity index (χ0v) is 18.2. The van der Waals surface area contributed by atoms with Gasteiger partial charge in [-0.1, -0.05) is 86.1 Å². The van der Waals surface area contributed by atoms with Crippen molar-refractivity contribution in [2.75, 3.05) is 13.6 Å². The number of benzene rings is 3. The Kier molecular flexibility index (Phi) is 6.46. The molecule has 0 aliphatic rings. The van der Waals surface area contributed by atoms with E-state index >= 15 is 0 Å². The molecule has 0 unspecified atom stereocenters. The number of carbonyl (C=O) groups is 1. The summed E-state index contributed by atoms with van der Waals surface area (Å²) in [4.78, 5) is 20.0. The molecule has 1 aromatic heterocycles. The van der Waals surface area contributed by atoms with E-state index in [4.69, 9.17) is 4.98 Å². The van der Waals surface area contributed by atoms with Crippen molar-refractivity contribution in [1.82, 2.24) is 14.5 Å². The number of para-hydroxylation sites is 2. The second-order valence-electron chi connectivity index (χ2n) is 7.97. The van der Waals surface area contributed by atoms with Crippen molar-refractivity contribution in [2.24, 2.45) is 0 Å². The van der Waals surface area contributed by atoms with Crippen molar-refractivity contribution < 1.29 is 4.79 Å². The van der Waals surface area contributed by atoms with Crippen LogP contribution in [0.15, 0.2) is 84.9 Å². The summed E-state index contributed by atoms with van der Waals surface area (Å²) >= 11 is 0. The maximum absolute atomic E-state index is 13.1. The number of likely N-dealkylation sites (N-methyl/N-ethyl adjacent to an activating group) is 1. The van der Waals surface area contributed by atoms with Gasteiger partial charge >= 0.3 is 0 Å². The molecule has 0 N–H and O–H groups in total. The fraction of sp³-hybridized carbons (Fsp3) is 0.259. The molecule has 0 aliphatic carbocycles. The highest BCUT2D eigenvalue weighted by Crippen LogP contribution is 2.33. The summed E-state index contributed by atoms with van der Waals surface area (Å²) in [7, 11) is 1.89. The van der Waals surface area contributed by atoms with E-state index in [1.54, 1.807) is 0 Å². The predicted octanol–water partition coefficient (Wildman–Crippen LogP) is 5.48. The van der Waals surface area contributed by atoms with Crippen molar-refractivity contribution in [3.8, 4) is 0 Å². The van der Waals surface area contributed by atoms with Gasteiger partial charge in [-0.2, -0.15) is 0 Å². The number of rotatable bonds is 8.